The van der Waals surface area contributed by atoms with E-state index in [0.29, 0.717) is 6.42 Å². The number of aliphatic imine (C=N–C) groups is 1. The number of thioether (sulfide) groups is 1. The van der Waals surface area contributed by atoms with Crippen LogP contribution in [0.5, 0.6) is 0 Å². The highest BCUT2D eigenvalue weighted by Gasteiger charge is 2.10. The molecule has 4 N–H and O–H groups in total. The molecule has 15 heavy (non-hydrogen) atoms. The minimum Gasteiger partial charge on any atom is -0.480 e. The molecule has 0 radical (unpaired) electrons. The van der Waals surface area contributed by atoms with E-state index in [1.165, 1.54) is 0 Å². The van der Waals surface area contributed by atoms with Gasteiger partial charge in [-0.05, 0) is 12.8 Å². The molecule has 0 aromatic heterocycles. The lowest BCUT2D eigenvalue weighted by Crippen LogP contribution is -2.31. The molecule has 88 valence electrons. The number of nitrogens with one attached hydrogen (secondary N) is 1. The quantitative estimate of drug-likeness (QED) is 0.613. The summed E-state index contributed by atoms with van der Waals surface area (Å²) in [5, 5.41) is 12.6. The van der Waals surface area contributed by atoms with Crippen LogP contribution in [0.2, 0.25) is 0 Å². The molecule has 1 rings (SSSR count). The number of carboxylic acid groups (broad SMARTS) is 1. The highest BCUT2D eigenvalue weighted by atomic mass is 35.5. The second-order valence-electron chi connectivity index (χ2n) is 3.05. The van der Waals surface area contributed by atoms with Gasteiger partial charge < -0.3 is 16.2 Å². The van der Waals surface area contributed by atoms with E-state index < -0.39 is 12.0 Å². The Morgan fingerprint density at radius 2 is 2.47 bits per heavy atom. The molecule has 0 aromatic carbocycles. The van der Waals surface area contributed by atoms with Gasteiger partial charge in [0.1, 0.15) is 6.04 Å². The highest BCUT2D eigenvalue weighted by molar-refractivity contribution is 8.14. The number of rotatable bonds is 5. The molecule has 1 heterocycles. The SMILES string of the molecule is Cl.NC(CCCNC1=NCCS1)C(=O)O. The first kappa shape index (κ1) is 14.5. The summed E-state index contributed by atoms with van der Waals surface area (Å²) in [6.07, 6.45) is 1.26. The van der Waals surface area contributed by atoms with Crippen LogP contribution in [0.3, 0.4) is 0 Å². The van der Waals surface area contributed by atoms with E-state index in [-0.39, 0.29) is 12.4 Å². The van der Waals surface area contributed by atoms with Gasteiger partial charge in [0.15, 0.2) is 5.17 Å². The van der Waals surface area contributed by atoms with Gasteiger partial charge in [-0.25, -0.2) is 0 Å². The van der Waals surface area contributed by atoms with E-state index >= 15 is 0 Å². The maximum absolute atomic E-state index is 10.4. The number of nitrogens with zero attached hydrogens (tertiary/aromatic N) is 1. The molecular formula is C8H16ClN3O2S. The molecule has 1 aliphatic heterocycles. The van der Waals surface area contributed by atoms with Crippen molar-refractivity contribution in [3.05, 3.63) is 0 Å². The summed E-state index contributed by atoms with van der Waals surface area (Å²) in [5.41, 5.74) is 5.35. The zero-order valence-corrected chi connectivity index (χ0v) is 9.94. The number of halogens is 1. The number of carbonyl (C=O) groups is 1. The van der Waals surface area contributed by atoms with E-state index in [1.807, 2.05) is 0 Å². The smallest absolute Gasteiger partial charge is 0.320 e. The van der Waals surface area contributed by atoms with Gasteiger partial charge >= 0.3 is 5.97 Å². The molecule has 5 nitrogen and oxygen atoms in total. The van der Waals surface area contributed by atoms with Crippen LogP contribution in [-0.2, 0) is 4.79 Å². The van der Waals surface area contributed by atoms with Gasteiger partial charge in [0.25, 0.3) is 0 Å². The Kier molecular flexibility index (Phi) is 7.54. The van der Waals surface area contributed by atoms with Crippen molar-refractivity contribution in [1.82, 2.24) is 5.32 Å². The fraction of sp³-hybridized carbons (Fsp3) is 0.750. The monoisotopic (exact) mass is 253 g/mol. The summed E-state index contributed by atoms with van der Waals surface area (Å²) in [6.45, 7) is 1.62. The zero-order valence-electron chi connectivity index (χ0n) is 8.31. The van der Waals surface area contributed by atoms with Crippen LogP contribution in [0.1, 0.15) is 12.8 Å². The zero-order chi connectivity index (χ0) is 10.4. The van der Waals surface area contributed by atoms with Crippen molar-refractivity contribution in [2.75, 3.05) is 18.8 Å². The molecule has 7 heteroatoms. The fourth-order valence-corrected chi connectivity index (χ4v) is 1.85. The van der Waals surface area contributed by atoms with E-state index in [0.717, 1.165) is 30.4 Å². The first-order valence-corrected chi connectivity index (χ1v) is 5.58. The van der Waals surface area contributed by atoms with E-state index in [9.17, 15) is 4.79 Å². The van der Waals surface area contributed by atoms with Crippen LogP contribution in [0, 0.1) is 0 Å². The number of carboxylic acids is 1. The summed E-state index contributed by atoms with van der Waals surface area (Å²) in [6, 6.07) is -0.741. The average Bonchev–Trinajstić information content (AvgIpc) is 2.64. The van der Waals surface area contributed by atoms with Crippen LogP contribution < -0.4 is 11.1 Å². The third-order valence-electron chi connectivity index (χ3n) is 1.87. The lowest BCUT2D eigenvalue weighted by Gasteiger charge is -2.07. The molecule has 0 bridgehead atoms. The van der Waals surface area contributed by atoms with E-state index in [4.69, 9.17) is 10.8 Å². The lowest BCUT2D eigenvalue weighted by molar-refractivity contribution is -0.138. The first-order chi connectivity index (χ1) is 6.70. The molecule has 0 fully saturated rings. The normalized spacial score (nSPS) is 16.5. The van der Waals surface area contributed by atoms with Gasteiger partial charge in [-0.2, -0.15) is 0 Å². The van der Waals surface area contributed by atoms with Crippen molar-refractivity contribution < 1.29 is 9.90 Å². The Hall–Kier alpha value is -0.460. The second-order valence-corrected chi connectivity index (χ2v) is 4.13. The van der Waals surface area contributed by atoms with Crippen LogP contribution >= 0.6 is 24.2 Å². The van der Waals surface area contributed by atoms with Gasteiger partial charge in [-0.3, -0.25) is 9.79 Å². The molecule has 0 amide bonds. The molecule has 0 spiro atoms. The molecule has 0 aliphatic carbocycles. The van der Waals surface area contributed by atoms with Crippen molar-refractivity contribution in [3.63, 3.8) is 0 Å². The predicted octanol–water partition coefficient (Wildman–Crippen LogP) is 0.293. The third-order valence-corrected chi connectivity index (χ3v) is 2.80. The van der Waals surface area contributed by atoms with Gasteiger partial charge in [-0.15, -0.1) is 12.4 Å². The molecule has 0 saturated carbocycles. The Morgan fingerprint density at radius 3 is 3.00 bits per heavy atom. The Balaban J connectivity index is 0.00000196. The Bertz CT molecular complexity index is 238. The van der Waals surface area contributed by atoms with Gasteiger partial charge in [0, 0.05) is 12.3 Å². The standard InChI is InChI=1S/C8H15N3O2S.ClH/c9-6(7(12)13)2-1-3-10-8-11-4-5-14-8;/h6H,1-5,9H2,(H,10,11)(H,12,13);1H. The van der Waals surface area contributed by atoms with E-state index in [2.05, 4.69) is 10.3 Å². The van der Waals surface area contributed by atoms with Crippen molar-refractivity contribution in [2.24, 2.45) is 10.7 Å². The molecule has 0 aromatic rings. The van der Waals surface area contributed by atoms with Crippen LogP contribution in [0.15, 0.2) is 4.99 Å². The maximum Gasteiger partial charge on any atom is 0.320 e. The Labute approximate surface area is 99.3 Å². The van der Waals surface area contributed by atoms with Crippen LogP contribution in [-0.4, -0.2) is 41.1 Å². The van der Waals surface area contributed by atoms with Crippen LogP contribution in [0.25, 0.3) is 0 Å². The fourth-order valence-electron chi connectivity index (χ4n) is 1.08. The van der Waals surface area contributed by atoms with Crippen molar-refractivity contribution in [2.45, 2.75) is 18.9 Å². The number of hydrogen-bond acceptors (Lipinski definition) is 5. The van der Waals surface area contributed by atoms with Crippen molar-refractivity contribution in [1.29, 1.82) is 0 Å². The van der Waals surface area contributed by atoms with Crippen LogP contribution in [0.4, 0.5) is 0 Å². The number of aliphatic carboxylic acids is 1. The Morgan fingerprint density at radius 1 is 1.73 bits per heavy atom. The minimum atomic E-state index is -0.933. The summed E-state index contributed by atoms with van der Waals surface area (Å²) in [7, 11) is 0. The molecule has 1 atom stereocenters. The molecule has 1 aliphatic rings. The second kappa shape index (κ2) is 7.78. The van der Waals surface area contributed by atoms with Gasteiger partial charge in [0.05, 0.1) is 6.54 Å². The maximum atomic E-state index is 10.4. The third kappa shape index (κ3) is 5.86. The van der Waals surface area contributed by atoms with Crippen molar-refractivity contribution in [3.8, 4) is 0 Å². The highest BCUT2D eigenvalue weighted by Crippen LogP contribution is 2.08. The minimum absolute atomic E-state index is 0. The largest absolute Gasteiger partial charge is 0.480 e. The summed E-state index contributed by atoms with van der Waals surface area (Å²) >= 11 is 1.70. The summed E-state index contributed by atoms with van der Waals surface area (Å²) in [4.78, 5) is 14.6. The van der Waals surface area contributed by atoms with Crippen molar-refractivity contribution >= 4 is 35.3 Å². The average molecular weight is 254 g/mol. The molecule has 1 unspecified atom stereocenters. The first-order valence-electron chi connectivity index (χ1n) is 4.59. The van der Waals surface area contributed by atoms with Gasteiger partial charge in [0.2, 0.25) is 0 Å². The lowest BCUT2D eigenvalue weighted by atomic mass is 10.2. The van der Waals surface area contributed by atoms with E-state index in [1.54, 1.807) is 11.8 Å². The number of nitrogens with two attached hydrogens (primary N) is 1. The number of hydrogen-bond donors (Lipinski definition) is 3. The molecule has 0 saturated heterocycles. The summed E-state index contributed by atoms with van der Waals surface area (Å²) < 4.78 is 0. The predicted molar refractivity (Wildman–Crippen MR) is 64.9 cm³/mol. The number of amidine groups is 1. The van der Waals surface area contributed by atoms with Gasteiger partial charge in [-0.1, -0.05) is 11.8 Å². The topological polar surface area (TPSA) is 87.7 Å². The summed E-state index contributed by atoms with van der Waals surface area (Å²) in [5.74, 6) is 0.106. The molecular weight excluding hydrogens is 238 g/mol.